The smallest absolute Gasteiger partial charge is 0.333 e. The molecular weight excluding hydrogens is 648 g/mol. The highest BCUT2D eigenvalue weighted by Gasteiger charge is 2.77. The van der Waals surface area contributed by atoms with Gasteiger partial charge in [0.15, 0.2) is 0 Å². The van der Waals surface area contributed by atoms with Crippen LogP contribution in [0, 0.1) is 28.1 Å². The number of allylic oxidation sites excluding steroid dienone is 2. The van der Waals surface area contributed by atoms with Gasteiger partial charge in [-0.05, 0) is 50.3 Å². The van der Waals surface area contributed by atoms with E-state index >= 15 is 0 Å². The molecule has 2 heterocycles. The van der Waals surface area contributed by atoms with Gasteiger partial charge < -0.3 is 32.8 Å². The molecule has 0 radical (unpaired) electrons. The summed E-state index contributed by atoms with van der Waals surface area (Å²) < 4.78 is 42.2. The van der Waals surface area contributed by atoms with Gasteiger partial charge >= 0.3 is 29.8 Å². The topological polar surface area (TPSA) is 154 Å². The van der Waals surface area contributed by atoms with Crippen molar-refractivity contribution in [1.82, 2.24) is 0 Å². The summed E-state index contributed by atoms with van der Waals surface area (Å²) in [6.07, 6.45) is 1.11. The monoisotopic (exact) mass is 698 g/mol. The van der Waals surface area contributed by atoms with Gasteiger partial charge in [-0.2, -0.15) is 0 Å². The zero-order chi connectivity index (χ0) is 36.9. The van der Waals surface area contributed by atoms with Crippen molar-refractivity contribution in [3.8, 4) is 0 Å². The molecule has 0 bridgehead atoms. The van der Waals surface area contributed by atoms with Crippen LogP contribution in [0.3, 0.4) is 0 Å². The quantitative estimate of drug-likeness (QED) is 0.141. The first-order chi connectivity index (χ1) is 23.4. The predicted octanol–water partition coefficient (Wildman–Crippen LogP) is 5.39. The van der Waals surface area contributed by atoms with Crippen LogP contribution in [0.15, 0.2) is 45.8 Å². The third-order valence-electron chi connectivity index (χ3n) is 12.3. The molecule has 1 saturated heterocycles. The van der Waals surface area contributed by atoms with Crippen LogP contribution in [0.5, 0.6) is 0 Å². The van der Waals surface area contributed by atoms with Crippen molar-refractivity contribution in [3.05, 3.63) is 47.0 Å². The van der Waals surface area contributed by atoms with Gasteiger partial charge in [0.2, 0.25) is 0 Å². The molecule has 1 aromatic heterocycles. The molecule has 11 unspecified atom stereocenters. The Morgan fingerprint density at radius 2 is 1.56 bits per heavy atom. The summed E-state index contributed by atoms with van der Waals surface area (Å²) >= 11 is 0. The fraction of sp³-hybridized carbons (Fsp3) is 0.658. The van der Waals surface area contributed by atoms with Gasteiger partial charge in [0.1, 0.15) is 24.4 Å². The summed E-state index contributed by atoms with van der Waals surface area (Å²) in [5.41, 5.74) is -0.300. The summed E-state index contributed by atoms with van der Waals surface area (Å²) in [5, 5.41) is 0. The molecule has 5 rings (SSSR count). The van der Waals surface area contributed by atoms with E-state index in [2.05, 4.69) is 0 Å². The van der Waals surface area contributed by atoms with Crippen molar-refractivity contribution in [3.63, 3.8) is 0 Å². The van der Waals surface area contributed by atoms with Crippen molar-refractivity contribution < 1.29 is 56.8 Å². The number of ether oxygens (including phenoxy) is 6. The Morgan fingerprint density at radius 1 is 0.920 bits per heavy atom. The zero-order valence-electron chi connectivity index (χ0n) is 30.7. The van der Waals surface area contributed by atoms with Crippen LogP contribution >= 0.6 is 0 Å². The normalized spacial score (nSPS) is 37.8. The molecular formula is C38H50O12. The van der Waals surface area contributed by atoms with Crippen LogP contribution in [-0.4, -0.2) is 74.1 Å². The van der Waals surface area contributed by atoms with Crippen LogP contribution in [0.2, 0.25) is 0 Å². The van der Waals surface area contributed by atoms with Gasteiger partial charge in [-0.15, -0.1) is 0 Å². The van der Waals surface area contributed by atoms with Gasteiger partial charge in [0.05, 0.1) is 32.3 Å². The van der Waals surface area contributed by atoms with Gasteiger partial charge in [0, 0.05) is 67.3 Å². The molecule has 1 aliphatic heterocycles. The van der Waals surface area contributed by atoms with E-state index in [1.807, 2.05) is 33.8 Å². The molecule has 12 heteroatoms. The number of furan rings is 1. The molecule has 12 nitrogen and oxygen atoms in total. The van der Waals surface area contributed by atoms with Crippen LogP contribution in [-0.2, 0) is 52.4 Å². The molecule has 50 heavy (non-hydrogen) atoms. The molecule has 0 aromatic carbocycles. The Bertz CT molecular complexity index is 1590. The van der Waals surface area contributed by atoms with Gasteiger partial charge in [-0.3, -0.25) is 19.2 Å². The Balaban J connectivity index is 1.85. The Hall–Kier alpha value is -3.93. The van der Waals surface area contributed by atoms with Gasteiger partial charge in [0.25, 0.3) is 0 Å². The number of carbonyl (C=O) groups excluding carboxylic acids is 5. The van der Waals surface area contributed by atoms with E-state index in [1.165, 1.54) is 27.9 Å². The van der Waals surface area contributed by atoms with E-state index in [0.717, 1.165) is 11.1 Å². The van der Waals surface area contributed by atoms with Gasteiger partial charge in [-0.25, -0.2) is 4.79 Å². The maximum Gasteiger partial charge on any atom is 0.333 e. The summed E-state index contributed by atoms with van der Waals surface area (Å²) in [6.45, 7) is 15.4. The van der Waals surface area contributed by atoms with Crippen molar-refractivity contribution in [2.24, 2.45) is 28.1 Å². The fourth-order valence-corrected chi connectivity index (χ4v) is 10.2. The molecule has 3 fully saturated rings. The lowest BCUT2D eigenvalue weighted by Gasteiger charge is -2.66. The van der Waals surface area contributed by atoms with Gasteiger partial charge in [-0.1, -0.05) is 32.4 Å². The Labute approximate surface area is 293 Å². The second kappa shape index (κ2) is 13.7. The highest BCUT2D eigenvalue weighted by atomic mass is 16.6. The first-order valence-corrected chi connectivity index (χ1v) is 17.2. The second-order valence-electron chi connectivity index (χ2n) is 15.0. The van der Waals surface area contributed by atoms with Crippen molar-refractivity contribution >= 4 is 29.8 Å². The number of rotatable bonds is 9. The minimum absolute atomic E-state index is 0.142. The fourth-order valence-electron chi connectivity index (χ4n) is 10.2. The standard InChI is InChI=1S/C38H50O12/c1-11-19(2)35(43)50-34-32-33-36(7,18-46-32)28(48-22(5)40)16-29(49-23(6)41)37(33,8)27(15-30(42)44-10)38(34,9)31-20(3)25(24-12-13-45-17-24)14-26(31)47-21(4)39/h11-13,17,25-29,32-34H,14-16,18H2,1-10H3. The average molecular weight is 699 g/mol. The molecule has 274 valence electrons. The van der Waals surface area contributed by atoms with E-state index in [9.17, 15) is 24.0 Å². The molecule has 0 N–H and O–H groups in total. The molecule has 2 saturated carbocycles. The molecule has 3 aliphatic carbocycles. The summed E-state index contributed by atoms with van der Waals surface area (Å²) in [7, 11) is 1.31. The van der Waals surface area contributed by atoms with E-state index < -0.39 is 88.4 Å². The van der Waals surface area contributed by atoms with Crippen LogP contribution in [0.25, 0.3) is 0 Å². The Morgan fingerprint density at radius 3 is 2.12 bits per heavy atom. The van der Waals surface area contributed by atoms with E-state index in [0.29, 0.717) is 17.6 Å². The first kappa shape index (κ1) is 37.3. The number of esters is 5. The third kappa shape index (κ3) is 5.96. The number of hydrogen-bond acceptors (Lipinski definition) is 12. The van der Waals surface area contributed by atoms with Crippen molar-refractivity contribution in [2.75, 3.05) is 13.7 Å². The number of carbonyl (C=O) groups is 5. The SMILES string of the molecule is CC=C(C)C(=O)OC1C2OCC3(C)C(OC(C)=O)CC(OC(C)=O)C(C)(C23)C(CC(=O)OC)C1(C)C1=C(C)C(c2ccoc2)CC1OC(C)=O. The lowest BCUT2D eigenvalue weighted by Crippen LogP contribution is -2.72. The van der Waals surface area contributed by atoms with E-state index in [-0.39, 0.29) is 25.4 Å². The summed E-state index contributed by atoms with van der Waals surface area (Å²) in [6, 6.07) is 1.86. The largest absolute Gasteiger partial charge is 0.472 e. The van der Waals surface area contributed by atoms with Crippen molar-refractivity contribution in [2.45, 2.75) is 118 Å². The number of methoxy groups -OCH3 is 1. The molecule has 0 spiro atoms. The highest BCUT2D eigenvalue weighted by Crippen LogP contribution is 2.72. The molecule has 4 aliphatic rings. The predicted molar refractivity (Wildman–Crippen MR) is 177 cm³/mol. The van der Waals surface area contributed by atoms with Crippen LogP contribution < -0.4 is 0 Å². The lowest BCUT2D eigenvalue weighted by molar-refractivity contribution is -0.260. The lowest BCUT2D eigenvalue weighted by atomic mass is 9.39. The maximum atomic E-state index is 13.8. The molecule has 0 amide bonds. The summed E-state index contributed by atoms with van der Waals surface area (Å²) in [4.78, 5) is 65.5. The highest BCUT2D eigenvalue weighted by molar-refractivity contribution is 5.88. The second-order valence-corrected chi connectivity index (χ2v) is 15.0. The first-order valence-electron chi connectivity index (χ1n) is 17.2. The average Bonchev–Trinajstić information content (AvgIpc) is 3.77. The molecule has 11 atom stereocenters. The Kier molecular flexibility index (Phi) is 10.2. The number of hydrogen-bond donors (Lipinski definition) is 0. The summed E-state index contributed by atoms with van der Waals surface area (Å²) in [5.74, 6) is -4.12. The van der Waals surface area contributed by atoms with Crippen molar-refractivity contribution in [1.29, 1.82) is 0 Å². The maximum absolute atomic E-state index is 13.8. The van der Waals surface area contributed by atoms with E-state index in [4.69, 9.17) is 32.8 Å². The van der Waals surface area contributed by atoms with Crippen LogP contribution in [0.4, 0.5) is 0 Å². The zero-order valence-corrected chi connectivity index (χ0v) is 30.7. The minimum Gasteiger partial charge on any atom is -0.472 e. The van der Waals surface area contributed by atoms with E-state index in [1.54, 1.807) is 32.4 Å². The third-order valence-corrected chi connectivity index (χ3v) is 12.3. The minimum atomic E-state index is -1.26. The van der Waals surface area contributed by atoms with Crippen LogP contribution in [0.1, 0.15) is 93.1 Å². The molecule has 1 aromatic rings.